The number of nitrogens with one attached hydrogen (secondary N) is 1. The van der Waals surface area contributed by atoms with Crippen LogP contribution in [0.15, 0.2) is 20.9 Å². The fourth-order valence-corrected chi connectivity index (χ4v) is 4.41. The Hall–Kier alpha value is -0.000000000000000111. The molecule has 1 atom stereocenters. The summed E-state index contributed by atoms with van der Waals surface area (Å²) in [6.45, 7) is 1.92. The molecule has 2 nitrogen and oxygen atoms in total. The van der Waals surface area contributed by atoms with E-state index in [1.807, 2.05) is 11.8 Å². The summed E-state index contributed by atoms with van der Waals surface area (Å²) in [5, 5.41) is 7.45. The van der Waals surface area contributed by atoms with Crippen LogP contribution in [-0.2, 0) is 6.54 Å². The molecule has 1 fully saturated rings. The number of hydrogen-bond acceptors (Lipinski definition) is 4. The molecule has 5 heteroatoms. The van der Waals surface area contributed by atoms with Crippen LogP contribution in [0.25, 0.3) is 0 Å². The first-order valence-corrected chi connectivity index (χ1v) is 8.04. The van der Waals surface area contributed by atoms with Gasteiger partial charge in [0, 0.05) is 20.0 Å². The van der Waals surface area contributed by atoms with E-state index < -0.39 is 0 Å². The molecule has 16 heavy (non-hydrogen) atoms. The van der Waals surface area contributed by atoms with E-state index in [1.165, 1.54) is 22.2 Å². The van der Waals surface area contributed by atoms with Crippen molar-refractivity contribution in [3.8, 4) is 0 Å². The van der Waals surface area contributed by atoms with Crippen molar-refractivity contribution in [1.82, 2.24) is 5.32 Å². The molecule has 1 aromatic rings. The van der Waals surface area contributed by atoms with Crippen molar-refractivity contribution in [2.24, 2.45) is 10.9 Å². The van der Waals surface area contributed by atoms with Crippen molar-refractivity contribution in [2.75, 3.05) is 6.54 Å². The van der Waals surface area contributed by atoms with Gasteiger partial charge >= 0.3 is 0 Å². The molecule has 1 aromatic heterocycles. The molecule has 1 aliphatic carbocycles. The van der Waals surface area contributed by atoms with Gasteiger partial charge in [0.1, 0.15) is 0 Å². The van der Waals surface area contributed by atoms with Crippen molar-refractivity contribution < 1.29 is 0 Å². The van der Waals surface area contributed by atoms with Crippen molar-refractivity contribution >= 4 is 44.2 Å². The Balaban J connectivity index is 1.49. The zero-order valence-electron chi connectivity index (χ0n) is 8.78. The highest BCUT2D eigenvalue weighted by molar-refractivity contribution is 9.10. The lowest BCUT2D eigenvalue weighted by atomic mass is 10.3. The van der Waals surface area contributed by atoms with Crippen molar-refractivity contribution in [1.29, 1.82) is 0 Å². The average Bonchev–Trinajstić information content (AvgIpc) is 2.87. The maximum atomic E-state index is 4.56. The Morgan fingerprint density at radius 2 is 2.38 bits per heavy atom. The highest BCUT2D eigenvalue weighted by Gasteiger charge is 2.35. The summed E-state index contributed by atoms with van der Waals surface area (Å²) in [5.41, 5.74) is 0. The first kappa shape index (κ1) is 11.1. The minimum atomic E-state index is 0.762. The molecular formula is C11H13BrN2S2. The SMILES string of the molecule is Brc1csc(CNC2=NCC(C3CC3)S2)c1. The first-order valence-electron chi connectivity index (χ1n) is 5.49. The summed E-state index contributed by atoms with van der Waals surface area (Å²) in [6.07, 6.45) is 2.83. The van der Waals surface area contributed by atoms with Gasteiger partial charge in [-0.3, -0.25) is 4.99 Å². The Labute approximate surface area is 112 Å². The van der Waals surface area contributed by atoms with E-state index in [4.69, 9.17) is 0 Å². The summed E-state index contributed by atoms with van der Waals surface area (Å²) in [6, 6.07) is 2.16. The molecule has 0 spiro atoms. The molecule has 0 radical (unpaired) electrons. The number of halogens is 1. The minimum absolute atomic E-state index is 0.762. The molecule has 1 N–H and O–H groups in total. The highest BCUT2D eigenvalue weighted by atomic mass is 79.9. The fourth-order valence-electron chi connectivity index (χ4n) is 1.81. The second kappa shape index (κ2) is 4.70. The van der Waals surface area contributed by atoms with Crippen LogP contribution in [0.3, 0.4) is 0 Å². The Morgan fingerprint density at radius 1 is 1.50 bits per heavy atom. The maximum absolute atomic E-state index is 4.56. The van der Waals surface area contributed by atoms with Crippen molar-refractivity contribution in [3.05, 3.63) is 20.8 Å². The first-order chi connectivity index (χ1) is 7.81. The zero-order chi connectivity index (χ0) is 11.0. The van der Waals surface area contributed by atoms with Crippen LogP contribution in [0, 0.1) is 5.92 Å². The van der Waals surface area contributed by atoms with Crippen molar-refractivity contribution in [3.63, 3.8) is 0 Å². The Bertz CT molecular complexity index is 412. The van der Waals surface area contributed by atoms with Gasteiger partial charge in [-0.2, -0.15) is 0 Å². The summed E-state index contributed by atoms with van der Waals surface area (Å²) in [7, 11) is 0. The second-order valence-electron chi connectivity index (χ2n) is 4.22. The van der Waals surface area contributed by atoms with Gasteiger partial charge < -0.3 is 5.32 Å². The number of thiophene rings is 1. The molecule has 0 saturated heterocycles. The van der Waals surface area contributed by atoms with Gasteiger partial charge in [0.05, 0.1) is 13.1 Å². The normalized spacial score (nSPS) is 24.6. The molecule has 2 heterocycles. The van der Waals surface area contributed by atoms with Crippen LogP contribution in [0.5, 0.6) is 0 Å². The van der Waals surface area contributed by atoms with Crippen LogP contribution >= 0.6 is 39.0 Å². The maximum Gasteiger partial charge on any atom is 0.157 e. The van der Waals surface area contributed by atoms with Gasteiger partial charge in [-0.15, -0.1) is 11.3 Å². The third-order valence-electron chi connectivity index (χ3n) is 2.86. The summed E-state index contributed by atoms with van der Waals surface area (Å²) in [5.74, 6) is 0.948. The molecule has 1 aliphatic heterocycles. The average molecular weight is 317 g/mol. The molecule has 0 bridgehead atoms. The standard InChI is InChI=1S/C11H13BrN2S2/c12-8-3-9(15-6-8)4-13-11-14-5-10(16-11)7-1-2-7/h3,6-7,10H,1-2,4-5H2,(H,13,14). The summed E-state index contributed by atoms with van der Waals surface area (Å²) < 4.78 is 1.17. The number of hydrogen-bond donors (Lipinski definition) is 1. The largest absolute Gasteiger partial charge is 0.360 e. The van der Waals surface area contributed by atoms with Gasteiger partial charge in [0.25, 0.3) is 0 Å². The van der Waals surface area contributed by atoms with Gasteiger partial charge in [-0.25, -0.2) is 0 Å². The number of nitrogens with zero attached hydrogens (tertiary/aromatic N) is 1. The van der Waals surface area contributed by atoms with Gasteiger partial charge in [-0.1, -0.05) is 11.8 Å². The molecule has 0 aromatic carbocycles. The van der Waals surface area contributed by atoms with Crippen LogP contribution in [0.2, 0.25) is 0 Å². The quantitative estimate of drug-likeness (QED) is 0.923. The van der Waals surface area contributed by atoms with Crippen LogP contribution < -0.4 is 5.32 Å². The molecule has 2 aliphatic rings. The van der Waals surface area contributed by atoms with Crippen LogP contribution in [0.1, 0.15) is 17.7 Å². The predicted octanol–water partition coefficient (Wildman–Crippen LogP) is 3.48. The molecule has 0 amide bonds. The topological polar surface area (TPSA) is 24.4 Å². The number of amidine groups is 1. The van der Waals surface area contributed by atoms with E-state index in [-0.39, 0.29) is 0 Å². The van der Waals surface area contributed by atoms with E-state index in [1.54, 1.807) is 11.3 Å². The van der Waals surface area contributed by atoms with Crippen molar-refractivity contribution in [2.45, 2.75) is 24.6 Å². The van der Waals surface area contributed by atoms with E-state index in [9.17, 15) is 0 Å². The second-order valence-corrected chi connectivity index (χ2v) is 7.36. The lowest BCUT2D eigenvalue weighted by Gasteiger charge is -2.06. The third-order valence-corrected chi connectivity index (χ3v) is 5.89. The Kier molecular flexibility index (Phi) is 3.27. The Morgan fingerprint density at radius 3 is 3.06 bits per heavy atom. The smallest absolute Gasteiger partial charge is 0.157 e. The van der Waals surface area contributed by atoms with Gasteiger partial charge in [-0.05, 0) is 40.8 Å². The molecular weight excluding hydrogens is 304 g/mol. The number of thioether (sulfide) groups is 1. The van der Waals surface area contributed by atoms with Crippen LogP contribution in [-0.4, -0.2) is 17.0 Å². The number of rotatable bonds is 3. The molecule has 1 unspecified atom stereocenters. The third kappa shape index (κ3) is 2.63. The predicted molar refractivity (Wildman–Crippen MR) is 75.3 cm³/mol. The molecule has 1 saturated carbocycles. The monoisotopic (exact) mass is 316 g/mol. The van der Waals surface area contributed by atoms with Crippen LogP contribution in [0.4, 0.5) is 0 Å². The van der Waals surface area contributed by atoms with Gasteiger partial charge in [0.2, 0.25) is 0 Å². The molecule has 86 valence electrons. The fraction of sp³-hybridized carbons (Fsp3) is 0.545. The van der Waals surface area contributed by atoms with E-state index >= 15 is 0 Å². The van der Waals surface area contributed by atoms with E-state index in [0.717, 1.165) is 29.4 Å². The zero-order valence-corrected chi connectivity index (χ0v) is 12.0. The highest BCUT2D eigenvalue weighted by Crippen LogP contribution is 2.41. The lowest BCUT2D eigenvalue weighted by molar-refractivity contribution is 0.772. The van der Waals surface area contributed by atoms with Gasteiger partial charge in [0.15, 0.2) is 5.17 Å². The molecule has 3 rings (SSSR count). The van der Waals surface area contributed by atoms with E-state index in [0.29, 0.717) is 0 Å². The summed E-state index contributed by atoms with van der Waals surface area (Å²) in [4.78, 5) is 5.91. The number of aliphatic imine (C=N–C) groups is 1. The lowest BCUT2D eigenvalue weighted by Crippen LogP contribution is -2.18. The minimum Gasteiger partial charge on any atom is -0.360 e. The summed E-state index contributed by atoms with van der Waals surface area (Å²) >= 11 is 7.19. The van der Waals surface area contributed by atoms with E-state index in [2.05, 4.69) is 37.7 Å².